The number of nitrogens with zero attached hydrogens (tertiary/aromatic N) is 2. The molecule has 3 heterocycles. The van der Waals surface area contributed by atoms with Gasteiger partial charge in [-0.15, -0.1) is 0 Å². The number of hydrogen-bond donors (Lipinski definition) is 1. The van der Waals surface area contributed by atoms with E-state index in [0.29, 0.717) is 29.9 Å². The summed E-state index contributed by atoms with van der Waals surface area (Å²) >= 11 is 0. The van der Waals surface area contributed by atoms with Crippen LogP contribution in [-0.2, 0) is 23.9 Å². The first-order valence-corrected chi connectivity index (χ1v) is 11.5. The Morgan fingerprint density at radius 3 is 2.58 bits per heavy atom. The van der Waals surface area contributed by atoms with E-state index in [9.17, 15) is 27.2 Å². The SMILES string of the molecule is O=C(NCc1ccccc1F)[C@@H]1Cc2cc(C(F)(F)F)ccc2N2CCN(C(=O)c3ccco3)C[C@@H]12. The molecule has 3 aromatic rings. The maximum absolute atomic E-state index is 14.1. The zero-order chi connectivity index (χ0) is 25.4. The fourth-order valence-electron chi connectivity index (χ4n) is 5.00. The molecule has 1 aromatic heterocycles. The quantitative estimate of drug-likeness (QED) is 0.543. The van der Waals surface area contributed by atoms with E-state index in [-0.39, 0.29) is 31.2 Å². The first kappa shape index (κ1) is 23.9. The molecule has 0 bridgehead atoms. The van der Waals surface area contributed by atoms with Gasteiger partial charge in [0, 0.05) is 37.4 Å². The Labute approximate surface area is 204 Å². The monoisotopic (exact) mass is 501 g/mol. The normalized spacial score (nSPS) is 19.4. The maximum atomic E-state index is 14.1. The first-order chi connectivity index (χ1) is 17.2. The second-order valence-electron chi connectivity index (χ2n) is 8.95. The average Bonchev–Trinajstić information content (AvgIpc) is 3.41. The summed E-state index contributed by atoms with van der Waals surface area (Å²) < 4.78 is 59.5. The molecule has 10 heteroatoms. The van der Waals surface area contributed by atoms with E-state index in [1.165, 1.54) is 18.4 Å². The molecule has 1 N–H and O–H groups in total. The summed E-state index contributed by atoms with van der Waals surface area (Å²) in [5.41, 5.74) is 0.558. The van der Waals surface area contributed by atoms with Gasteiger partial charge in [-0.1, -0.05) is 18.2 Å². The number of halogens is 4. The molecule has 2 atom stereocenters. The van der Waals surface area contributed by atoms with E-state index < -0.39 is 35.4 Å². The van der Waals surface area contributed by atoms with Crippen molar-refractivity contribution in [2.24, 2.45) is 5.92 Å². The van der Waals surface area contributed by atoms with E-state index in [4.69, 9.17) is 4.42 Å². The standard InChI is InChI=1S/C26H23F4N3O3/c27-20-5-2-1-4-16(20)14-31-24(34)19-13-17-12-18(26(28,29)30)7-8-21(17)33-10-9-32(15-22(19)33)25(35)23-6-3-11-36-23/h1-8,11-12,19,22H,9-10,13-15H2,(H,31,34)/t19-,22+/m1/s1. The van der Waals surface area contributed by atoms with Gasteiger partial charge < -0.3 is 19.5 Å². The second-order valence-corrected chi connectivity index (χ2v) is 8.95. The molecular formula is C26H23F4N3O3. The Bertz CT molecular complexity index is 1280. The predicted octanol–water partition coefficient (Wildman–Crippen LogP) is 4.26. The number of rotatable bonds is 4. The lowest BCUT2D eigenvalue weighted by Crippen LogP contribution is -2.62. The van der Waals surface area contributed by atoms with Crippen LogP contribution in [0.5, 0.6) is 0 Å². The van der Waals surface area contributed by atoms with Gasteiger partial charge in [0.05, 0.1) is 23.8 Å². The van der Waals surface area contributed by atoms with Crippen LogP contribution in [0.3, 0.4) is 0 Å². The molecule has 2 aliphatic heterocycles. The van der Waals surface area contributed by atoms with Crippen LogP contribution in [0.1, 0.15) is 27.2 Å². The van der Waals surface area contributed by atoms with Gasteiger partial charge in [-0.3, -0.25) is 9.59 Å². The maximum Gasteiger partial charge on any atom is 0.416 e. The number of anilines is 1. The fraction of sp³-hybridized carbons (Fsp3) is 0.308. The number of amides is 2. The minimum atomic E-state index is -4.51. The van der Waals surface area contributed by atoms with Crippen molar-refractivity contribution in [3.05, 3.63) is 89.1 Å². The second kappa shape index (κ2) is 9.33. The predicted molar refractivity (Wildman–Crippen MR) is 123 cm³/mol. The Morgan fingerprint density at radius 2 is 1.86 bits per heavy atom. The number of hydrogen-bond acceptors (Lipinski definition) is 4. The van der Waals surface area contributed by atoms with E-state index in [2.05, 4.69) is 5.32 Å². The summed E-state index contributed by atoms with van der Waals surface area (Å²) in [7, 11) is 0. The van der Waals surface area contributed by atoms with Crippen molar-refractivity contribution in [2.75, 3.05) is 24.5 Å². The largest absolute Gasteiger partial charge is 0.459 e. The number of nitrogens with one attached hydrogen (secondary N) is 1. The molecule has 36 heavy (non-hydrogen) atoms. The summed E-state index contributed by atoms with van der Waals surface area (Å²) in [6.07, 6.45) is -3.05. The highest BCUT2D eigenvalue weighted by atomic mass is 19.4. The highest BCUT2D eigenvalue weighted by molar-refractivity contribution is 5.92. The van der Waals surface area contributed by atoms with Gasteiger partial charge in [0.1, 0.15) is 5.82 Å². The van der Waals surface area contributed by atoms with Crippen molar-refractivity contribution in [3.63, 3.8) is 0 Å². The molecule has 0 saturated carbocycles. The molecule has 2 aliphatic rings. The number of carbonyl (C=O) groups is 2. The van der Waals surface area contributed by atoms with Crippen LogP contribution in [0.15, 0.2) is 65.3 Å². The number of alkyl halides is 3. The number of carbonyl (C=O) groups excluding carboxylic acids is 2. The Kier molecular flexibility index (Phi) is 6.19. The molecule has 5 rings (SSSR count). The van der Waals surface area contributed by atoms with E-state index >= 15 is 0 Å². The third kappa shape index (κ3) is 4.55. The molecule has 0 spiro atoms. The van der Waals surface area contributed by atoms with E-state index in [1.54, 1.807) is 35.2 Å². The highest BCUT2D eigenvalue weighted by Crippen LogP contribution is 2.40. The van der Waals surface area contributed by atoms with Crippen molar-refractivity contribution in [1.82, 2.24) is 10.2 Å². The number of fused-ring (bicyclic) bond motifs is 3. The van der Waals surface area contributed by atoms with Gasteiger partial charge in [0.2, 0.25) is 5.91 Å². The zero-order valence-corrected chi connectivity index (χ0v) is 19.1. The minimum Gasteiger partial charge on any atom is -0.459 e. The van der Waals surface area contributed by atoms with Crippen LogP contribution in [0.25, 0.3) is 0 Å². The lowest BCUT2D eigenvalue weighted by atomic mass is 9.82. The molecule has 1 fully saturated rings. The summed E-state index contributed by atoms with van der Waals surface area (Å²) in [5.74, 6) is -1.77. The summed E-state index contributed by atoms with van der Waals surface area (Å²) in [5, 5.41) is 2.74. The third-order valence-electron chi connectivity index (χ3n) is 6.81. The summed E-state index contributed by atoms with van der Waals surface area (Å²) in [6, 6.07) is 12.3. The Balaban J connectivity index is 1.43. The Hall–Kier alpha value is -3.82. The van der Waals surface area contributed by atoms with E-state index in [1.807, 2.05) is 4.90 Å². The molecule has 2 aromatic carbocycles. The van der Waals surface area contributed by atoms with Crippen molar-refractivity contribution >= 4 is 17.5 Å². The molecule has 0 aliphatic carbocycles. The van der Waals surface area contributed by atoms with Crippen molar-refractivity contribution < 1.29 is 31.6 Å². The number of piperazine rings is 1. The first-order valence-electron chi connectivity index (χ1n) is 11.5. The van der Waals surface area contributed by atoms with Crippen molar-refractivity contribution in [2.45, 2.75) is 25.2 Å². The summed E-state index contributed by atoms with van der Waals surface area (Å²) in [6.45, 7) is 0.795. The van der Waals surface area contributed by atoms with Gasteiger partial charge >= 0.3 is 6.18 Å². The van der Waals surface area contributed by atoms with Crippen LogP contribution in [-0.4, -0.2) is 42.4 Å². The molecule has 6 nitrogen and oxygen atoms in total. The minimum absolute atomic E-state index is 0.0563. The van der Waals surface area contributed by atoms with Gasteiger partial charge in [-0.05, 0) is 48.4 Å². The lowest BCUT2D eigenvalue weighted by Gasteiger charge is -2.49. The van der Waals surface area contributed by atoms with Crippen LogP contribution >= 0.6 is 0 Å². The van der Waals surface area contributed by atoms with Gasteiger partial charge in [-0.25, -0.2) is 4.39 Å². The van der Waals surface area contributed by atoms with Crippen LogP contribution < -0.4 is 10.2 Å². The highest BCUT2D eigenvalue weighted by Gasteiger charge is 2.43. The van der Waals surface area contributed by atoms with Gasteiger partial charge in [-0.2, -0.15) is 13.2 Å². The molecule has 1 saturated heterocycles. The molecule has 0 radical (unpaired) electrons. The van der Waals surface area contributed by atoms with Crippen molar-refractivity contribution in [1.29, 1.82) is 0 Å². The van der Waals surface area contributed by atoms with Crippen LogP contribution in [0.2, 0.25) is 0 Å². The van der Waals surface area contributed by atoms with Crippen LogP contribution in [0, 0.1) is 11.7 Å². The Morgan fingerprint density at radius 1 is 1.06 bits per heavy atom. The van der Waals surface area contributed by atoms with Crippen molar-refractivity contribution in [3.8, 4) is 0 Å². The fourth-order valence-corrected chi connectivity index (χ4v) is 5.00. The lowest BCUT2D eigenvalue weighted by molar-refractivity contribution is -0.137. The average molecular weight is 501 g/mol. The number of furan rings is 1. The molecule has 0 unspecified atom stereocenters. The molecular weight excluding hydrogens is 478 g/mol. The van der Waals surface area contributed by atoms with Gasteiger partial charge in [0.25, 0.3) is 5.91 Å². The van der Waals surface area contributed by atoms with E-state index in [0.717, 1.165) is 12.1 Å². The van der Waals surface area contributed by atoms with Gasteiger partial charge in [0.15, 0.2) is 5.76 Å². The molecule has 2 amide bonds. The number of benzene rings is 2. The topological polar surface area (TPSA) is 65.8 Å². The smallest absolute Gasteiger partial charge is 0.416 e. The van der Waals surface area contributed by atoms with Crippen LogP contribution in [0.4, 0.5) is 23.2 Å². The summed E-state index contributed by atoms with van der Waals surface area (Å²) in [4.78, 5) is 29.7. The third-order valence-corrected chi connectivity index (χ3v) is 6.81. The zero-order valence-electron chi connectivity index (χ0n) is 19.1. The molecule has 188 valence electrons.